The first-order valence-corrected chi connectivity index (χ1v) is 12.6. The van der Waals surface area contributed by atoms with Crippen molar-refractivity contribution in [2.75, 3.05) is 30.9 Å². The standard InChI is InChI=1S/C11H14ClNO2.2C6H11ClO3/c12-7-10(14)6-11(15)13-8-9-4-2-1-3-5-9;2*1-2-10-6(9)3-5(8)4-7/h1-5,10,14H,6-8H2,(H,13,15);2*5,8H,2-4H2,1H3/t10-;5-;/m01./s1. The Morgan fingerprint density at radius 3 is 1.54 bits per heavy atom. The normalized spacial score (nSPS) is 12.5. The Kier molecular flexibility index (Phi) is 24.5. The number of aliphatic hydroxyl groups is 3. The zero-order valence-electron chi connectivity index (χ0n) is 20.0. The Labute approximate surface area is 221 Å². The first kappa shape index (κ1) is 35.5. The van der Waals surface area contributed by atoms with E-state index in [1.54, 1.807) is 13.8 Å². The number of carbonyl (C=O) groups is 3. The molecule has 202 valence electrons. The molecular weight excluding hydrogens is 525 g/mol. The lowest BCUT2D eigenvalue weighted by atomic mass is 10.2. The number of halogens is 3. The Bertz CT molecular complexity index is 656. The van der Waals surface area contributed by atoms with E-state index in [1.165, 1.54) is 0 Å². The summed E-state index contributed by atoms with van der Waals surface area (Å²) in [4.78, 5) is 32.4. The molecule has 0 saturated heterocycles. The third kappa shape index (κ3) is 23.9. The number of amides is 1. The first-order valence-electron chi connectivity index (χ1n) is 11.0. The minimum atomic E-state index is -0.777. The molecule has 3 atom stereocenters. The van der Waals surface area contributed by atoms with Crippen LogP contribution in [0.3, 0.4) is 0 Å². The fourth-order valence-electron chi connectivity index (χ4n) is 2.07. The van der Waals surface area contributed by atoms with E-state index >= 15 is 0 Å². The van der Waals surface area contributed by atoms with Gasteiger partial charge in [0.15, 0.2) is 0 Å². The van der Waals surface area contributed by atoms with Crippen LogP contribution < -0.4 is 5.32 Å². The summed E-state index contributed by atoms with van der Waals surface area (Å²) in [6.45, 7) is 4.59. The zero-order valence-corrected chi connectivity index (χ0v) is 22.3. The van der Waals surface area contributed by atoms with Crippen molar-refractivity contribution >= 4 is 52.6 Å². The quantitative estimate of drug-likeness (QED) is 0.213. The lowest BCUT2D eigenvalue weighted by Crippen LogP contribution is -2.27. The van der Waals surface area contributed by atoms with Gasteiger partial charge in [0.1, 0.15) is 0 Å². The third-order valence-electron chi connectivity index (χ3n) is 3.70. The third-order valence-corrected chi connectivity index (χ3v) is 4.77. The minimum absolute atomic E-state index is 0.0165. The number of carbonyl (C=O) groups excluding carboxylic acids is 3. The van der Waals surface area contributed by atoms with Crippen LogP contribution in [0, 0.1) is 0 Å². The number of rotatable bonds is 13. The van der Waals surface area contributed by atoms with E-state index < -0.39 is 30.3 Å². The van der Waals surface area contributed by atoms with E-state index in [2.05, 4.69) is 14.8 Å². The van der Waals surface area contributed by atoms with Crippen LogP contribution in [0.1, 0.15) is 38.7 Å². The molecule has 12 heteroatoms. The minimum Gasteiger partial charge on any atom is -0.466 e. The van der Waals surface area contributed by atoms with E-state index in [-0.39, 0.29) is 42.8 Å². The summed E-state index contributed by atoms with van der Waals surface area (Å²) in [6, 6.07) is 9.60. The summed E-state index contributed by atoms with van der Waals surface area (Å²) in [7, 11) is 0. The molecule has 1 aromatic rings. The molecular formula is C23H36Cl3NO8. The molecule has 35 heavy (non-hydrogen) atoms. The summed E-state index contributed by atoms with van der Waals surface area (Å²) >= 11 is 15.9. The first-order chi connectivity index (χ1) is 16.6. The summed E-state index contributed by atoms with van der Waals surface area (Å²) in [6.07, 6.45) is -2.30. The molecule has 1 amide bonds. The van der Waals surface area contributed by atoms with Crippen molar-refractivity contribution in [2.45, 2.75) is 58.0 Å². The SMILES string of the molecule is CCOC(=O)CC(O)CCl.CCOC(=O)C[C@@H](O)CCl.O=C(C[C@H](O)CCl)NCc1ccccc1. The molecule has 1 rings (SSSR count). The fraction of sp³-hybridized carbons (Fsp3) is 0.609. The molecule has 9 nitrogen and oxygen atoms in total. The average molecular weight is 561 g/mol. The molecule has 0 spiro atoms. The van der Waals surface area contributed by atoms with Crippen LogP contribution >= 0.6 is 34.8 Å². The van der Waals surface area contributed by atoms with Gasteiger partial charge in [-0.1, -0.05) is 30.3 Å². The molecule has 4 N–H and O–H groups in total. The highest BCUT2D eigenvalue weighted by Gasteiger charge is 2.10. The van der Waals surface area contributed by atoms with Gasteiger partial charge in [0.05, 0.1) is 50.8 Å². The summed E-state index contributed by atoms with van der Waals surface area (Å²) < 4.78 is 9.11. The molecule has 0 fully saturated rings. The van der Waals surface area contributed by atoms with Crippen LogP contribution in [0.4, 0.5) is 0 Å². The highest BCUT2D eigenvalue weighted by Crippen LogP contribution is 1.99. The Hall–Kier alpha value is -1.62. The number of aliphatic hydroxyl groups excluding tert-OH is 3. The van der Waals surface area contributed by atoms with E-state index in [1.807, 2.05) is 30.3 Å². The van der Waals surface area contributed by atoms with Gasteiger partial charge in [-0.25, -0.2) is 0 Å². The molecule has 0 bridgehead atoms. The van der Waals surface area contributed by atoms with Crippen molar-refractivity contribution in [1.29, 1.82) is 0 Å². The van der Waals surface area contributed by atoms with Crippen molar-refractivity contribution in [1.82, 2.24) is 5.32 Å². The lowest BCUT2D eigenvalue weighted by molar-refractivity contribution is -0.146. The highest BCUT2D eigenvalue weighted by molar-refractivity contribution is 6.18. The van der Waals surface area contributed by atoms with Crippen molar-refractivity contribution in [3.05, 3.63) is 35.9 Å². The topological polar surface area (TPSA) is 142 Å². The van der Waals surface area contributed by atoms with Crippen molar-refractivity contribution in [3.63, 3.8) is 0 Å². The average Bonchev–Trinajstić information content (AvgIpc) is 2.84. The second-order valence-electron chi connectivity index (χ2n) is 6.91. The fourth-order valence-corrected chi connectivity index (χ4v) is 2.40. The number of ether oxygens (including phenoxy) is 2. The maximum atomic E-state index is 11.3. The largest absolute Gasteiger partial charge is 0.466 e. The van der Waals surface area contributed by atoms with Crippen LogP contribution in [-0.4, -0.2) is 82.3 Å². The molecule has 0 aliphatic carbocycles. The molecule has 0 heterocycles. The van der Waals surface area contributed by atoms with Crippen LogP contribution in [0.2, 0.25) is 0 Å². The van der Waals surface area contributed by atoms with E-state index in [0.29, 0.717) is 19.8 Å². The smallest absolute Gasteiger partial charge is 0.308 e. The van der Waals surface area contributed by atoms with Gasteiger partial charge in [0.25, 0.3) is 0 Å². The van der Waals surface area contributed by atoms with Gasteiger partial charge in [-0.3, -0.25) is 14.4 Å². The second kappa shape index (κ2) is 24.1. The Morgan fingerprint density at radius 2 is 1.17 bits per heavy atom. The molecule has 1 unspecified atom stereocenters. The van der Waals surface area contributed by atoms with Gasteiger partial charge in [-0.15, -0.1) is 34.8 Å². The van der Waals surface area contributed by atoms with Crippen molar-refractivity contribution < 1.29 is 39.2 Å². The molecule has 1 aromatic carbocycles. The molecule has 0 aliphatic heterocycles. The predicted molar refractivity (Wildman–Crippen MR) is 136 cm³/mol. The Morgan fingerprint density at radius 1 is 0.771 bits per heavy atom. The van der Waals surface area contributed by atoms with Gasteiger partial charge in [-0.2, -0.15) is 0 Å². The lowest BCUT2D eigenvalue weighted by Gasteiger charge is -2.07. The number of hydrogen-bond donors (Lipinski definition) is 4. The van der Waals surface area contributed by atoms with Crippen LogP contribution in [0.5, 0.6) is 0 Å². The van der Waals surface area contributed by atoms with Crippen LogP contribution in [-0.2, 0) is 30.4 Å². The second-order valence-corrected chi connectivity index (χ2v) is 7.83. The van der Waals surface area contributed by atoms with Gasteiger partial charge >= 0.3 is 11.9 Å². The molecule has 0 radical (unpaired) electrons. The molecule has 0 aromatic heterocycles. The number of benzene rings is 1. The zero-order chi connectivity index (χ0) is 27.1. The molecule has 0 saturated carbocycles. The summed E-state index contributed by atoms with van der Waals surface area (Å²) in [5.41, 5.74) is 1.03. The molecule has 0 aliphatic rings. The number of hydrogen-bond acceptors (Lipinski definition) is 8. The van der Waals surface area contributed by atoms with E-state index in [0.717, 1.165) is 5.56 Å². The van der Waals surface area contributed by atoms with Crippen LogP contribution in [0.25, 0.3) is 0 Å². The summed E-state index contributed by atoms with van der Waals surface area (Å²) in [5, 5.41) is 29.5. The number of esters is 2. The highest BCUT2D eigenvalue weighted by atomic mass is 35.5. The monoisotopic (exact) mass is 559 g/mol. The van der Waals surface area contributed by atoms with Gasteiger partial charge < -0.3 is 30.1 Å². The predicted octanol–water partition coefficient (Wildman–Crippen LogP) is 2.37. The summed E-state index contributed by atoms with van der Waals surface area (Å²) in [5.74, 6) is -0.783. The van der Waals surface area contributed by atoms with Crippen molar-refractivity contribution in [3.8, 4) is 0 Å². The van der Waals surface area contributed by atoms with Gasteiger partial charge in [0, 0.05) is 24.2 Å². The van der Waals surface area contributed by atoms with Gasteiger partial charge in [0.2, 0.25) is 5.91 Å². The Balaban J connectivity index is 0. The van der Waals surface area contributed by atoms with Gasteiger partial charge in [-0.05, 0) is 19.4 Å². The van der Waals surface area contributed by atoms with E-state index in [9.17, 15) is 14.4 Å². The maximum absolute atomic E-state index is 11.3. The number of alkyl halides is 3. The maximum Gasteiger partial charge on any atom is 0.308 e. The number of nitrogens with one attached hydrogen (secondary N) is 1. The van der Waals surface area contributed by atoms with Crippen LogP contribution in [0.15, 0.2) is 30.3 Å². The van der Waals surface area contributed by atoms with E-state index in [4.69, 9.17) is 50.1 Å². The van der Waals surface area contributed by atoms with Crippen molar-refractivity contribution in [2.24, 2.45) is 0 Å².